The van der Waals surface area contributed by atoms with Crippen LogP contribution in [0.3, 0.4) is 0 Å². The molecule has 2 atom stereocenters. The summed E-state index contributed by atoms with van der Waals surface area (Å²) in [6, 6.07) is 7.64. The third kappa shape index (κ3) is 3.43. The summed E-state index contributed by atoms with van der Waals surface area (Å²) in [4.78, 5) is 16.8. The summed E-state index contributed by atoms with van der Waals surface area (Å²) in [6.07, 6.45) is -3.75. The van der Waals surface area contributed by atoms with E-state index >= 15 is 0 Å². The van der Waals surface area contributed by atoms with Crippen molar-refractivity contribution in [3.63, 3.8) is 0 Å². The van der Waals surface area contributed by atoms with Crippen molar-refractivity contribution in [1.82, 2.24) is 4.98 Å². The number of alkyl halides is 3. The number of rotatable bonds is 3. The molecule has 0 bridgehead atoms. The second kappa shape index (κ2) is 6.36. The molecule has 0 radical (unpaired) electrons. The van der Waals surface area contributed by atoms with Gasteiger partial charge in [-0.2, -0.15) is 13.2 Å². The highest BCUT2D eigenvalue weighted by atomic mass is 19.4. The first kappa shape index (κ1) is 17.2. The van der Waals surface area contributed by atoms with Gasteiger partial charge in [0.1, 0.15) is 5.69 Å². The van der Waals surface area contributed by atoms with Gasteiger partial charge in [-0.3, -0.25) is 9.78 Å². The van der Waals surface area contributed by atoms with Crippen LogP contribution in [0.1, 0.15) is 34.1 Å². The van der Waals surface area contributed by atoms with Gasteiger partial charge in [0, 0.05) is 18.4 Å². The van der Waals surface area contributed by atoms with E-state index in [-0.39, 0.29) is 24.2 Å². The van der Waals surface area contributed by atoms with Crippen LogP contribution < -0.4 is 10.6 Å². The van der Waals surface area contributed by atoms with Crippen molar-refractivity contribution < 1.29 is 23.1 Å². The summed E-state index contributed by atoms with van der Waals surface area (Å²) in [5, 5.41) is 10.0. The van der Waals surface area contributed by atoms with Gasteiger partial charge in [0.2, 0.25) is 0 Å². The highest BCUT2D eigenvalue weighted by Gasteiger charge is 2.40. The van der Waals surface area contributed by atoms with Crippen LogP contribution >= 0.6 is 0 Å². The summed E-state index contributed by atoms with van der Waals surface area (Å²) < 4.78 is 40.0. The van der Waals surface area contributed by atoms with Crippen LogP contribution in [0.25, 0.3) is 0 Å². The molecule has 0 spiro atoms. The smallest absolute Gasteiger partial charge is 0.391 e. The SMILES string of the molecule is NC(=O)c1cc(N2C[C@H](O)C[C@@H]2c2ccccc2C(F)(F)F)ccn1. The average Bonchev–Trinajstić information content (AvgIpc) is 2.96. The van der Waals surface area contributed by atoms with Crippen molar-refractivity contribution in [3.05, 3.63) is 59.4 Å². The molecular weight excluding hydrogens is 335 g/mol. The number of halogens is 3. The van der Waals surface area contributed by atoms with E-state index in [0.29, 0.717) is 5.69 Å². The van der Waals surface area contributed by atoms with Crippen LogP contribution in [0.5, 0.6) is 0 Å². The minimum atomic E-state index is -4.49. The Bertz CT molecular complexity index is 795. The molecular formula is C17H16F3N3O2. The predicted molar refractivity (Wildman–Crippen MR) is 84.9 cm³/mol. The van der Waals surface area contributed by atoms with E-state index in [4.69, 9.17) is 5.73 Å². The van der Waals surface area contributed by atoms with Crippen LogP contribution in [0.15, 0.2) is 42.6 Å². The molecule has 3 N–H and O–H groups in total. The number of nitrogens with two attached hydrogens (primary N) is 1. The van der Waals surface area contributed by atoms with Crippen molar-refractivity contribution in [2.75, 3.05) is 11.4 Å². The molecule has 1 saturated heterocycles. The number of anilines is 1. The van der Waals surface area contributed by atoms with Crippen LogP contribution in [-0.4, -0.2) is 28.6 Å². The molecule has 3 rings (SSSR count). The summed E-state index contributed by atoms with van der Waals surface area (Å²) in [7, 11) is 0. The number of aromatic nitrogens is 1. The lowest BCUT2D eigenvalue weighted by Gasteiger charge is -2.29. The molecule has 1 aliphatic rings. The third-order valence-corrected chi connectivity index (χ3v) is 4.23. The molecule has 5 nitrogen and oxygen atoms in total. The molecule has 2 heterocycles. The summed E-state index contributed by atoms with van der Waals surface area (Å²) in [6.45, 7) is 0.152. The van der Waals surface area contributed by atoms with E-state index in [1.54, 1.807) is 11.0 Å². The summed E-state index contributed by atoms with van der Waals surface area (Å²) in [5.74, 6) is -0.728. The Kier molecular flexibility index (Phi) is 4.38. The molecule has 8 heteroatoms. The van der Waals surface area contributed by atoms with Crippen molar-refractivity contribution in [2.45, 2.75) is 24.7 Å². The molecule has 1 aliphatic heterocycles. The number of hydrogen-bond acceptors (Lipinski definition) is 4. The number of benzene rings is 1. The molecule has 1 amide bonds. The zero-order valence-electron chi connectivity index (χ0n) is 13.1. The lowest BCUT2D eigenvalue weighted by Crippen LogP contribution is -2.26. The molecule has 0 unspecified atom stereocenters. The number of β-amino-alcohol motifs (C(OH)–C–C–N with tert-alkyl or cyclic N) is 1. The lowest BCUT2D eigenvalue weighted by atomic mass is 9.97. The normalized spacial score (nSPS) is 20.7. The monoisotopic (exact) mass is 351 g/mol. The number of hydrogen-bond donors (Lipinski definition) is 2. The fourth-order valence-electron chi connectivity index (χ4n) is 3.17. The minimum Gasteiger partial charge on any atom is -0.391 e. The van der Waals surface area contributed by atoms with Gasteiger partial charge >= 0.3 is 6.18 Å². The fraction of sp³-hybridized carbons (Fsp3) is 0.294. The molecule has 1 fully saturated rings. The largest absolute Gasteiger partial charge is 0.416 e. The first-order valence-electron chi connectivity index (χ1n) is 7.64. The molecule has 1 aromatic carbocycles. The maximum absolute atomic E-state index is 13.3. The Labute approximate surface area is 141 Å². The quantitative estimate of drug-likeness (QED) is 0.891. The van der Waals surface area contributed by atoms with Crippen LogP contribution in [0, 0.1) is 0 Å². The van der Waals surface area contributed by atoms with E-state index in [0.717, 1.165) is 6.07 Å². The van der Waals surface area contributed by atoms with E-state index in [1.807, 2.05) is 0 Å². The van der Waals surface area contributed by atoms with E-state index in [9.17, 15) is 23.1 Å². The Morgan fingerprint density at radius 3 is 2.68 bits per heavy atom. The number of carbonyl (C=O) groups excluding carboxylic acids is 1. The average molecular weight is 351 g/mol. The van der Waals surface area contributed by atoms with E-state index in [2.05, 4.69) is 4.98 Å². The topological polar surface area (TPSA) is 79.5 Å². The highest BCUT2D eigenvalue weighted by Crippen LogP contribution is 2.42. The van der Waals surface area contributed by atoms with Crippen LogP contribution in [0.2, 0.25) is 0 Å². The first-order chi connectivity index (χ1) is 11.8. The molecule has 0 aliphatic carbocycles. The Balaban J connectivity index is 2.05. The van der Waals surface area contributed by atoms with E-state index < -0.39 is 29.8 Å². The lowest BCUT2D eigenvalue weighted by molar-refractivity contribution is -0.138. The molecule has 2 aromatic rings. The van der Waals surface area contributed by atoms with Gasteiger partial charge in [-0.1, -0.05) is 18.2 Å². The van der Waals surface area contributed by atoms with Gasteiger partial charge < -0.3 is 15.7 Å². The number of amides is 1. The molecule has 132 valence electrons. The predicted octanol–water partition coefficient (Wildman–Crippen LogP) is 2.51. The van der Waals surface area contributed by atoms with Crippen molar-refractivity contribution in [1.29, 1.82) is 0 Å². The second-order valence-electron chi connectivity index (χ2n) is 5.91. The van der Waals surface area contributed by atoms with Gasteiger partial charge in [-0.15, -0.1) is 0 Å². The van der Waals surface area contributed by atoms with Gasteiger partial charge in [0.15, 0.2) is 0 Å². The molecule has 25 heavy (non-hydrogen) atoms. The van der Waals surface area contributed by atoms with Gasteiger partial charge in [0.25, 0.3) is 5.91 Å². The van der Waals surface area contributed by atoms with Crippen LogP contribution in [-0.2, 0) is 6.18 Å². The van der Waals surface area contributed by atoms with E-state index in [1.165, 1.54) is 30.5 Å². The summed E-state index contributed by atoms with van der Waals surface area (Å²) >= 11 is 0. The van der Waals surface area contributed by atoms with Gasteiger partial charge in [0.05, 0.1) is 17.7 Å². The highest BCUT2D eigenvalue weighted by molar-refractivity contribution is 5.91. The summed E-state index contributed by atoms with van der Waals surface area (Å²) in [5.41, 5.74) is 5.08. The number of aliphatic hydroxyl groups is 1. The maximum Gasteiger partial charge on any atom is 0.416 e. The van der Waals surface area contributed by atoms with Gasteiger partial charge in [-0.05, 0) is 30.2 Å². The standard InChI is InChI=1S/C17H16F3N3O2/c18-17(19,20)13-4-2-1-3-12(13)15-8-11(24)9-23(15)10-5-6-22-14(7-10)16(21)25/h1-7,11,15,24H,8-9H2,(H2,21,25)/t11-,15-/m1/s1. The fourth-order valence-corrected chi connectivity index (χ4v) is 3.17. The number of primary amides is 1. The first-order valence-corrected chi connectivity index (χ1v) is 7.64. The molecule has 0 saturated carbocycles. The number of aliphatic hydroxyl groups excluding tert-OH is 1. The Hall–Kier alpha value is -2.61. The third-order valence-electron chi connectivity index (χ3n) is 4.23. The Morgan fingerprint density at radius 2 is 2.00 bits per heavy atom. The molecule has 1 aromatic heterocycles. The van der Waals surface area contributed by atoms with Crippen molar-refractivity contribution in [3.8, 4) is 0 Å². The minimum absolute atomic E-state index is 0.0155. The zero-order chi connectivity index (χ0) is 18.2. The van der Waals surface area contributed by atoms with Crippen molar-refractivity contribution >= 4 is 11.6 Å². The zero-order valence-corrected chi connectivity index (χ0v) is 13.1. The maximum atomic E-state index is 13.3. The number of carbonyl (C=O) groups is 1. The van der Waals surface area contributed by atoms with Crippen LogP contribution in [0.4, 0.5) is 18.9 Å². The second-order valence-corrected chi connectivity index (χ2v) is 5.91. The van der Waals surface area contributed by atoms with Crippen molar-refractivity contribution in [2.24, 2.45) is 5.73 Å². The Morgan fingerprint density at radius 1 is 1.28 bits per heavy atom. The number of nitrogens with zero attached hydrogens (tertiary/aromatic N) is 2. The van der Waals surface area contributed by atoms with Gasteiger partial charge in [-0.25, -0.2) is 0 Å². The number of pyridine rings is 1.